The highest BCUT2D eigenvalue weighted by Gasteiger charge is 2.28. The van der Waals surface area contributed by atoms with Gasteiger partial charge in [0.05, 0.1) is 5.69 Å². The molecule has 3 aromatic rings. The SMILES string of the molecule is Fc1cccc(F)c1CC1CN(Cc2cc(-c3ccncc3)n[nH]2)C1. The van der Waals surface area contributed by atoms with Crippen LogP contribution in [0.15, 0.2) is 48.8 Å². The van der Waals surface area contributed by atoms with Gasteiger partial charge in [-0.15, -0.1) is 0 Å². The first-order valence-corrected chi connectivity index (χ1v) is 8.29. The largest absolute Gasteiger partial charge is 0.297 e. The Hall–Kier alpha value is -2.60. The van der Waals surface area contributed by atoms with E-state index in [1.165, 1.54) is 18.2 Å². The van der Waals surface area contributed by atoms with Gasteiger partial charge in [0.25, 0.3) is 0 Å². The van der Waals surface area contributed by atoms with Crippen LogP contribution in [0.3, 0.4) is 0 Å². The molecule has 0 saturated carbocycles. The Morgan fingerprint density at radius 1 is 1.08 bits per heavy atom. The fraction of sp³-hybridized carbons (Fsp3) is 0.263. The third kappa shape index (κ3) is 3.44. The minimum absolute atomic E-state index is 0.202. The zero-order chi connectivity index (χ0) is 17.2. The minimum atomic E-state index is -0.450. The van der Waals surface area contributed by atoms with Gasteiger partial charge in [0.1, 0.15) is 11.6 Å². The van der Waals surface area contributed by atoms with E-state index >= 15 is 0 Å². The van der Waals surface area contributed by atoms with Gasteiger partial charge in [-0.3, -0.25) is 15.0 Å². The number of nitrogens with one attached hydrogen (secondary N) is 1. The highest BCUT2D eigenvalue weighted by atomic mass is 19.1. The number of hydrogen-bond donors (Lipinski definition) is 1. The Morgan fingerprint density at radius 2 is 1.80 bits per heavy atom. The van der Waals surface area contributed by atoms with E-state index in [1.807, 2.05) is 18.2 Å². The Morgan fingerprint density at radius 3 is 2.52 bits per heavy atom. The summed E-state index contributed by atoms with van der Waals surface area (Å²) in [6, 6.07) is 9.91. The number of hydrogen-bond acceptors (Lipinski definition) is 3. The highest BCUT2D eigenvalue weighted by Crippen LogP contribution is 2.25. The normalized spacial score (nSPS) is 15.3. The molecular formula is C19H18F2N4. The number of halogens is 2. The van der Waals surface area contributed by atoms with Crippen molar-refractivity contribution in [2.24, 2.45) is 5.92 Å². The van der Waals surface area contributed by atoms with E-state index in [9.17, 15) is 8.78 Å². The second-order valence-electron chi connectivity index (χ2n) is 6.48. The Kier molecular flexibility index (Phi) is 4.28. The van der Waals surface area contributed by atoms with E-state index < -0.39 is 11.6 Å². The molecular weight excluding hydrogens is 322 g/mol. The molecule has 4 nitrogen and oxygen atoms in total. The summed E-state index contributed by atoms with van der Waals surface area (Å²) in [5.74, 6) is -0.614. The molecule has 3 heterocycles. The van der Waals surface area contributed by atoms with Crippen LogP contribution in [0.4, 0.5) is 8.78 Å². The molecule has 128 valence electrons. The highest BCUT2D eigenvalue weighted by molar-refractivity contribution is 5.58. The van der Waals surface area contributed by atoms with Gasteiger partial charge in [0.15, 0.2) is 0 Å². The van der Waals surface area contributed by atoms with E-state index in [2.05, 4.69) is 20.1 Å². The summed E-state index contributed by atoms with van der Waals surface area (Å²) in [4.78, 5) is 6.25. The molecule has 6 heteroatoms. The number of nitrogens with zero attached hydrogens (tertiary/aromatic N) is 3. The molecule has 1 fully saturated rings. The molecule has 0 radical (unpaired) electrons. The molecule has 25 heavy (non-hydrogen) atoms. The van der Waals surface area contributed by atoms with E-state index in [1.54, 1.807) is 12.4 Å². The summed E-state index contributed by atoms with van der Waals surface area (Å²) in [5.41, 5.74) is 3.15. The van der Waals surface area contributed by atoms with Crippen LogP contribution in [0.2, 0.25) is 0 Å². The summed E-state index contributed by atoms with van der Waals surface area (Å²) < 4.78 is 27.4. The summed E-state index contributed by atoms with van der Waals surface area (Å²) in [7, 11) is 0. The van der Waals surface area contributed by atoms with Gasteiger partial charge in [0, 0.05) is 48.8 Å². The predicted octanol–water partition coefficient (Wildman–Crippen LogP) is 3.42. The van der Waals surface area contributed by atoms with E-state index in [0.717, 1.165) is 36.6 Å². The monoisotopic (exact) mass is 340 g/mol. The average Bonchev–Trinajstić information content (AvgIpc) is 3.05. The lowest BCUT2D eigenvalue weighted by Crippen LogP contribution is -2.47. The number of aromatic nitrogens is 3. The minimum Gasteiger partial charge on any atom is -0.297 e. The van der Waals surface area contributed by atoms with Crippen molar-refractivity contribution in [1.82, 2.24) is 20.1 Å². The maximum atomic E-state index is 13.7. The van der Waals surface area contributed by atoms with Crippen LogP contribution in [0.25, 0.3) is 11.3 Å². The van der Waals surface area contributed by atoms with Crippen molar-refractivity contribution in [3.8, 4) is 11.3 Å². The summed E-state index contributed by atoms with van der Waals surface area (Å²) in [6.07, 6.45) is 3.93. The first-order valence-electron chi connectivity index (χ1n) is 8.29. The predicted molar refractivity (Wildman–Crippen MR) is 90.6 cm³/mol. The molecule has 1 N–H and O–H groups in total. The van der Waals surface area contributed by atoms with Gasteiger partial charge in [-0.25, -0.2) is 8.78 Å². The molecule has 0 unspecified atom stereocenters. The standard InChI is InChI=1S/C19H18F2N4/c20-17-2-1-3-18(21)16(17)8-13-10-25(11-13)12-15-9-19(24-23-15)14-4-6-22-7-5-14/h1-7,9,13H,8,10-12H2,(H,23,24). The molecule has 0 atom stereocenters. The number of pyridine rings is 1. The van der Waals surface area contributed by atoms with Gasteiger partial charge >= 0.3 is 0 Å². The lowest BCUT2D eigenvalue weighted by atomic mass is 9.91. The molecule has 0 spiro atoms. The fourth-order valence-electron chi connectivity index (χ4n) is 3.31. The van der Waals surface area contributed by atoms with Crippen molar-refractivity contribution < 1.29 is 8.78 Å². The van der Waals surface area contributed by atoms with Crippen molar-refractivity contribution in [1.29, 1.82) is 0 Å². The molecule has 0 aliphatic carbocycles. The summed E-state index contributed by atoms with van der Waals surface area (Å²) in [6.45, 7) is 2.42. The van der Waals surface area contributed by atoms with E-state index in [0.29, 0.717) is 6.42 Å². The average molecular weight is 340 g/mol. The second kappa shape index (κ2) is 6.72. The van der Waals surface area contributed by atoms with E-state index in [4.69, 9.17) is 0 Å². The third-order valence-corrected chi connectivity index (χ3v) is 4.59. The zero-order valence-corrected chi connectivity index (χ0v) is 13.6. The topological polar surface area (TPSA) is 44.8 Å². The van der Waals surface area contributed by atoms with Crippen LogP contribution in [0.1, 0.15) is 11.3 Å². The molecule has 1 saturated heterocycles. The van der Waals surface area contributed by atoms with Crippen molar-refractivity contribution in [3.63, 3.8) is 0 Å². The molecule has 0 amide bonds. The van der Waals surface area contributed by atoms with Crippen LogP contribution in [0, 0.1) is 17.6 Å². The first kappa shape index (κ1) is 15.9. The van der Waals surface area contributed by atoms with Crippen molar-refractivity contribution in [2.45, 2.75) is 13.0 Å². The Balaban J connectivity index is 1.32. The number of benzene rings is 1. The maximum Gasteiger partial charge on any atom is 0.129 e. The molecule has 4 rings (SSSR count). The lowest BCUT2D eigenvalue weighted by Gasteiger charge is -2.39. The van der Waals surface area contributed by atoms with Gasteiger partial charge in [-0.05, 0) is 42.7 Å². The summed E-state index contributed by atoms with van der Waals surface area (Å²) >= 11 is 0. The second-order valence-corrected chi connectivity index (χ2v) is 6.48. The van der Waals surface area contributed by atoms with E-state index in [-0.39, 0.29) is 11.5 Å². The molecule has 1 aromatic carbocycles. The lowest BCUT2D eigenvalue weighted by molar-refractivity contribution is 0.0899. The van der Waals surface area contributed by atoms with Gasteiger partial charge in [0.2, 0.25) is 0 Å². The number of H-pyrrole nitrogens is 1. The van der Waals surface area contributed by atoms with Crippen LogP contribution in [-0.4, -0.2) is 33.2 Å². The van der Waals surface area contributed by atoms with Gasteiger partial charge in [-0.1, -0.05) is 6.07 Å². The Labute approximate surface area is 144 Å². The fourth-order valence-corrected chi connectivity index (χ4v) is 3.31. The van der Waals surface area contributed by atoms with Crippen molar-refractivity contribution in [3.05, 3.63) is 71.7 Å². The Bertz CT molecular complexity index is 837. The smallest absolute Gasteiger partial charge is 0.129 e. The first-order chi connectivity index (χ1) is 12.2. The van der Waals surface area contributed by atoms with Crippen LogP contribution in [-0.2, 0) is 13.0 Å². The zero-order valence-electron chi connectivity index (χ0n) is 13.6. The molecule has 1 aliphatic heterocycles. The van der Waals surface area contributed by atoms with Crippen LogP contribution in [0.5, 0.6) is 0 Å². The van der Waals surface area contributed by atoms with Crippen LogP contribution >= 0.6 is 0 Å². The van der Waals surface area contributed by atoms with Crippen molar-refractivity contribution >= 4 is 0 Å². The number of likely N-dealkylation sites (tertiary alicyclic amines) is 1. The maximum absolute atomic E-state index is 13.7. The van der Waals surface area contributed by atoms with Crippen LogP contribution < -0.4 is 0 Å². The number of rotatable bonds is 5. The number of aromatic amines is 1. The van der Waals surface area contributed by atoms with Gasteiger partial charge in [-0.2, -0.15) is 5.10 Å². The van der Waals surface area contributed by atoms with Gasteiger partial charge < -0.3 is 0 Å². The molecule has 2 aromatic heterocycles. The molecule has 1 aliphatic rings. The molecule has 0 bridgehead atoms. The summed E-state index contributed by atoms with van der Waals surface area (Å²) in [5, 5.41) is 7.38. The van der Waals surface area contributed by atoms with Crippen molar-refractivity contribution in [2.75, 3.05) is 13.1 Å². The quantitative estimate of drug-likeness (QED) is 0.774. The third-order valence-electron chi connectivity index (χ3n) is 4.59.